The fourth-order valence-electron chi connectivity index (χ4n) is 2.26. The molecule has 0 bridgehead atoms. The lowest BCUT2D eigenvalue weighted by Crippen LogP contribution is -2.36. The summed E-state index contributed by atoms with van der Waals surface area (Å²) in [6, 6.07) is 5.77. The Hall–Kier alpha value is -1.00. The van der Waals surface area contributed by atoms with Crippen molar-refractivity contribution >= 4 is 23.4 Å². The molecule has 98 valence electrons. The molecule has 1 atom stereocenters. The van der Waals surface area contributed by atoms with E-state index < -0.39 is 6.04 Å². The van der Waals surface area contributed by atoms with Crippen molar-refractivity contribution in [3.8, 4) is 0 Å². The minimum Gasteiger partial charge on any atom is -0.325 e. The number of nitrogens with one attached hydrogen (secondary N) is 1. The maximum absolute atomic E-state index is 11.9. The lowest BCUT2D eigenvalue weighted by atomic mass is 10.1. The molecule has 0 heterocycles. The van der Waals surface area contributed by atoms with E-state index in [9.17, 15) is 4.79 Å². The molecule has 0 fully saturated rings. The standard InChI is InChI=1S/C14H20N2OS/c1-18-8-7-13(15)14(17)16-12-6-5-10-3-2-4-11(10)9-12/h5-6,9,13H,2-4,7-8,15H2,1H3,(H,16,17)/t13-/m0/s1. The normalized spacial score (nSPS) is 15.2. The van der Waals surface area contributed by atoms with Crippen LogP contribution in [0.5, 0.6) is 0 Å². The van der Waals surface area contributed by atoms with Crippen LogP contribution in [0.3, 0.4) is 0 Å². The van der Waals surface area contributed by atoms with Gasteiger partial charge in [-0.25, -0.2) is 0 Å². The molecule has 0 saturated carbocycles. The van der Waals surface area contributed by atoms with Gasteiger partial charge in [-0.15, -0.1) is 0 Å². The van der Waals surface area contributed by atoms with Crippen molar-refractivity contribution in [2.75, 3.05) is 17.3 Å². The highest BCUT2D eigenvalue weighted by atomic mass is 32.2. The van der Waals surface area contributed by atoms with Gasteiger partial charge in [-0.05, 0) is 61.0 Å². The number of benzene rings is 1. The first-order chi connectivity index (χ1) is 8.70. The molecule has 0 aromatic heterocycles. The van der Waals surface area contributed by atoms with Gasteiger partial charge < -0.3 is 11.1 Å². The number of rotatable bonds is 5. The highest BCUT2D eigenvalue weighted by Gasteiger charge is 2.15. The first-order valence-electron chi connectivity index (χ1n) is 6.38. The van der Waals surface area contributed by atoms with Crippen molar-refractivity contribution < 1.29 is 4.79 Å². The number of aryl methyl sites for hydroxylation is 2. The molecule has 0 radical (unpaired) electrons. The number of amides is 1. The summed E-state index contributed by atoms with van der Waals surface area (Å²) in [4.78, 5) is 11.9. The monoisotopic (exact) mass is 264 g/mol. The van der Waals surface area contributed by atoms with Gasteiger partial charge in [0.15, 0.2) is 0 Å². The second-order valence-corrected chi connectivity index (χ2v) is 5.70. The summed E-state index contributed by atoms with van der Waals surface area (Å²) in [6.45, 7) is 0. The van der Waals surface area contributed by atoms with Crippen LogP contribution in [0, 0.1) is 0 Å². The lowest BCUT2D eigenvalue weighted by molar-refractivity contribution is -0.117. The summed E-state index contributed by atoms with van der Waals surface area (Å²) in [5.74, 6) is 0.834. The maximum Gasteiger partial charge on any atom is 0.241 e. The molecule has 3 N–H and O–H groups in total. The largest absolute Gasteiger partial charge is 0.325 e. The summed E-state index contributed by atoms with van der Waals surface area (Å²) < 4.78 is 0. The first-order valence-corrected chi connectivity index (χ1v) is 7.77. The van der Waals surface area contributed by atoms with Crippen LogP contribution in [0.15, 0.2) is 18.2 Å². The number of fused-ring (bicyclic) bond motifs is 1. The van der Waals surface area contributed by atoms with Crippen LogP contribution in [-0.4, -0.2) is 24.0 Å². The number of nitrogens with two attached hydrogens (primary N) is 1. The van der Waals surface area contributed by atoms with Crippen LogP contribution in [0.2, 0.25) is 0 Å². The van der Waals surface area contributed by atoms with Gasteiger partial charge in [-0.2, -0.15) is 11.8 Å². The molecular formula is C14H20N2OS. The summed E-state index contributed by atoms with van der Waals surface area (Å²) in [5, 5.41) is 2.91. The number of carbonyl (C=O) groups is 1. The zero-order valence-corrected chi connectivity index (χ0v) is 11.6. The molecule has 4 heteroatoms. The quantitative estimate of drug-likeness (QED) is 0.857. The Morgan fingerprint density at radius 2 is 2.22 bits per heavy atom. The van der Waals surface area contributed by atoms with Crippen LogP contribution < -0.4 is 11.1 Å². The Labute approximate surface area is 113 Å². The van der Waals surface area contributed by atoms with E-state index in [1.165, 1.54) is 17.5 Å². The maximum atomic E-state index is 11.9. The van der Waals surface area contributed by atoms with E-state index in [2.05, 4.69) is 17.4 Å². The first kappa shape index (κ1) is 13.4. The van der Waals surface area contributed by atoms with E-state index in [-0.39, 0.29) is 5.91 Å². The molecule has 1 aromatic carbocycles. The fourth-order valence-corrected chi connectivity index (χ4v) is 2.75. The van der Waals surface area contributed by atoms with Crippen LogP contribution >= 0.6 is 11.8 Å². The van der Waals surface area contributed by atoms with Crippen molar-refractivity contribution in [1.82, 2.24) is 0 Å². The van der Waals surface area contributed by atoms with Gasteiger partial charge in [0.25, 0.3) is 0 Å². The molecule has 2 rings (SSSR count). The molecule has 0 aliphatic heterocycles. The van der Waals surface area contributed by atoms with Crippen molar-refractivity contribution in [3.05, 3.63) is 29.3 Å². The van der Waals surface area contributed by atoms with Gasteiger partial charge in [0, 0.05) is 5.69 Å². The van der Waals surface area contributed by atoms with Gasteiger partial charge in [-0.3, -0.25) is 4.79 Å². The van der Waals surface area contributed by atoms with Crippen molar-refractivity contribution in [1.29, 1.82) is 0 Å². The van der Waals surface area contributed by atoms with Crippen LogP contribution in [-0.2, 0) is 17.6 Å². The average Bonchev–Trinajstić information content (AvgIpc) is 2.83. The summed E-state index contributed by atoms with van der Waals surface area (Å²) in [5.41, 5.74) is 9.50. The van der Waals surface area contributed by atoms with Crippen LogP contribution in [0.4, 0.5) is 5.69 Å². The molecular weight excluding hydrogens is 244 g/mol. The molecule has 1 aliphatic rings. The average molecular weight is 264 g/mol. The van der Waals surface area contributed by atoms with Gasteiger partial charge in [0.05, 0.1) is 6.04 Å². The fraction of sp³-hybridized carbons (Fsp3) is 0.500. The summed E-state index contributed by atoms with van der Waals surface area (Å²) in [7, 11) is 0. The van der Waals surface area contributed by atoms with Gasteiger partial charge in [0.1, 0.15) is 0 Å². The summed E-state index contributed by atoms with van der Waals surface area (Å²) in [6.07, 6.45) is 6.25. The molecule has 0 saturated heterocycles. The van der Waals surface area contributed by atoms with Crippen molar-refractivity contribution in [2.24, 2.45) is 5.73 Å². The smallest absolute Gasteiger partial charge is 0.241 e. The molecule has 1 aromatic rings. The molecule has 0 spiro atoms. The Kier molecular flexibility index (Phi) is 4.66. The number of hydrogen-bond acceptors (Lipinski definition) is 3. The molecule has 1 amide bonds. The highest BCUT2D eigenvalue weighted by Crippen LogP contribution is 2.24. The zero-order valence-electron chi connectivity index (χ0n) is 10.7. The van der Waals surface area contributed by atoms with Gasteiger partial charge in [-0.1, -0.05) is 6.07 Å². The third kappa shape index (κ3) is 3.27. The number of hydrogen-bond donors (Lipinski definition) is 2. The van der Waals surface area contributed by atoms with Gasteiger partial charge in [0.2, 0.25) is 5.91 Å². The van der Waals surface area contributed by atoms with Crippen LogP contribution in [0.25, 0.3) is 0 Å². The predicted octanol–water partition coefficient (Wildman–Crippen LogP) is 2.19. The topological polar surface area (TPSA) is 55.1 Å². The number of anilines is 1. The SMILES string of the molecule is CSCC[C@H](N)C(=O)Nc1ccc2c(c1)CCC2. The molecule has 1 aliphatic carbocycles. The van der Waals surface area contributed by atoms with E-state index in [0.717, 1.165) is 30.7 Å². The van der Waals surface area contributed by atoms with Crippen LogP contribution in [0.1, 0.15) is 24.0 Å². The highest BCUT2D eigenvalue weighted by molar-refractivity contribution is 7.98. The molecule has 18 heavy (non-hydrogen) atoms. The van der Waals surface area contributed by atoms with Crippen molar-refractivity contribution in [2.45, 2.75) is 31.7 Å². The van der Waals surface area contributed by atoms with E-state index in [0.29, 0.717) is 0 Å². The second kappa shape index (κ2) is 6.25. The number of thioether (sulfide) groups is 1. The third-order valence-corrected chi connectivity index (χ3v) is 3.98. The predicted molar refractivity (Wildman–Crippen MR) is 78.1 cm³/mol. The van der Waals surface area contributed by atoms with Gasteiger partial charge >= 0.3 is 0 Å². The number of carbonyl (C=O) groups excluding carboxylic acids is 1. The Morgan fingerprint density at radius 1 is 1.44 bits per heavy atom. The zero-order chi connectivity index (χ0) is 13.0. The Bertz CT molecular complexity index is 434. The van der Waals surface area contributed by atoms with E-state index >= 15 is 0 Å². The lowest BCUT2D eigenvalue weighted by Gasteiger charge is -2.12. The minimum atomic E-state index is -0.411. The second-order valence-electron chi connectivity index (χ2n) is 4.71. The molecule has 0 unspecified atom stereocenters. The minimum absolute atomic E-state index is 0.0815. The Morgan fingerprint density at radius 3 is 3.00 bits per heavy atom. The molecule has 3 nitrogen and oxygen atoms in total. The van der Waals surface area contributed by atoms with E-state index in [1.807, 2.05) is 12.3 Å². The van der Waals surface area contributed by atoms with E-state index in [1.54, 1.807) is 11.8 Å². The third-order valence-electron chi connectivity index (χ3n) is 3.34. The van der Waals surface area contributed by atoms with Crippen molar-refractivity contribution in [3.63, 3.8) is 0 Å². The Balaban J connectivity index is 1.94. The summed E-state index contributed by atoms with van der Waals surface area (Å²) >= 11 is 1.71. The van der Waals surface area contributed by atoms with E-state index in [4.69, 9.17) is 5.73 Å².